The van der Waals surface area contributed by atoms with Gasteiger partial charge in [0.15, 0.2) is 0 Å². The van der Waals surface area contributed by atoms with Crippen LogP contribution in [-0.4, -0.2) is 29.2 Å². The van der Waals surface area contributed by atoms with E-state index in [0.29, 0.717) is 11.1 Å². The molecule has 0 saturated carbocycles. The average molecular weight is 328 g/mol. The summed E-state index contributed by atoms with van der Waals surface area (Å²) in [6, 6.07) is 9.46. The largest absolute Gasteiger partial charge is 0.497 e. The fourth-order valence-electron chi connectivity index (χ4n) is 2.07. The van der Waals surface area contributed by atoms with E-state index in [1.54, 1.807) is 20.4 Å². The van der Waals surface area contributed by atoms with E-state index in [-0.39, 0.29) is 0 Å². The third kappa shape index (κ3) is 3.40. The molecule has 0 bridgehead atoms. The summed E-state index contributed by atoms with van der Waals surface area (Å²) in [4.78, 5) is 14.1. The van der Waals surface area contributed by atoms with Gasteiger partial charge < -0.3 is 14.8 Å². The molecule has 0 fully saturated rings. The van der Waals surface area contributed by atoms with E-state index in [0.717, 1.165) is 27.7 Å². The van der Waals surface area contributed by atoms with Crippen LogP contribution < -0.4 is 14.8 Å². The molecule has 1 aromatic carbocycles. The minimum absolute atomic E-state index is 0.516. The van der Waals surface area contributed by atoms with E-state index < -0.39 is 0 Å². The first-order valence-corrected chi connectivity index (χ1v) is 7.77. The molecule has 0 unspecified atom stereocenters. The van der Waals surface area contributed by atoms with Gasteiger partial charge in [0, 0.05) is 18.0 Å². The van der Waals surface area contributed by atoms with Gasteiger partial charge in [-0.3, -0.25) is 0 Å². The number of benzene rings is 1. The Morgan fingerprint density at radius 1 is 1.09 bits per heavy atom. The number of thiazole rings is 1. The minimum atomic E-state index is 0.516. The summed E-state index contributed by atoms with van der Waals surface area (Å²) in [5.41, 5.74) is 2.56. The summed E-state index contributed by atoms with van der Waals surface area (Å²) in [5, 5.41) is 3.80. The molecule has 0 spiro atoms. The number of nitrogens with one attached hydrogen (secondary N) is 1. The highest BCUT2D eigenvalue weighted by Crippen LogP contribution is 2.33. The summed E-state index contributed by atoms with van der Waals surface area (Å²) in [7, 11) is 3.24. The van der Waals surface area contributed by atoms with Crippen LogP contribution in [-0.2, 0) is 0 Å². The fourth-order valence-corrected chi connectivity index (χ4v) is 2.92. The highest BCUT2D eigenvalue weighted by Gasteiger charge is 2.12. The van der Waals surface area contributed by atoms with Crippen molar-refractivity contribution in [3.8, 4) is 21.5 Å². The van der Waals surface area contributed by atoms with Gasteiger partial charge in [0.25, 0.3) is 5.19 Å². The SMILES string of the molecule is COc1cccc(Nc2nccc(-c3sc(OC)nc3C)n2)c1. The second-order valence-electron chi connectivity index (χ2n) is 4.72. The molecule has 0 aliphatic rings. The predicted molar refractivity (Wildman–Crippen MR) is 90.7 cm³/mol. The van der Waals surface area contributed by atoms with Gasteiger partial charge in [-0.2, -0.15) is 0 Å². The van der Waals surface area contributed by atoms with Crippen LogP contribution in [0.25, 0.3) is 10.6 Å². The molecule has 118 valence electrons. The third-order valence-corrected chi connectivity index (χ3v) is 4.31. The normalized spacial score (nSPS) is 10.4. The quantitative estimate of drug-likeness (QED) is 0.770. The Labute approximate surface area is 138 Å². The van der Waals surface area contributed by atoms with Crippen LogP contribution in [0, 0.1) is 6.92 Å². The molecule has 0 aliphatic heterocycles. The second-order valence-corrected chi connectivity index (χ2v) is 5.68. The zero-order valence-electron chi connectivity index (χ0n) is 13.0. The van der Waals surface area contributed by atoms with E-state index in [2.05, 4.69) is 20.3 Å². The fraction of sp³-hybridized carbons (Fsp3) is 0.188. The lowest BCUT2D eigenvalue weighted by Crippen LogP contribution is -1.98. The number of ether oxygens (including phenoxy) is 2. The number of aromatic nitrogens is 3. The molecule has 0 amide bonds. The zero-order chi connectivity index (χ0) is 16.2. The predicted octanol–water partition coefficient (Wildman–Crippen LogP) is 3.67. The Hall–Kier alpha value is -2.67. The van der Waals surface area contributed by atoms with Crippen molar-refractivity contribution in [1.82, 2.24) is 15.0 Å². The second kappa shape index (κ2) is 6.62. The van der Waals surface area contributed by atoms with Crippen molar-refractivity contribution < 1.29 is 9.47 Å². The van der Waals surface area contributed by atoms with Crippen LogP contribution in [0.15, 0.2) is 36.5 Å². The Balaban J connectivity index is 1.88. The smallest absolute Gasteiger partial charge is 0.273 e. The summed E-state index contributed by atoms with van der Waals surface area (Å²) < 4.78 is 10.4. The molecule has 23 heavy (non-hydrogen) atoms. The van der Waals surface area contributed by atoms with Crippen molar-refractivity contribution in [1.29, 1.82) is 0 Å². The molecule has 0 saturated heterocycles. The third-order valence-electron chi connectivity index (χ3n) is 3.17. The first kappa shape index (κ1) is 15.2. The van der Waals surface area contributed by atoms with Crippen LogP contribution in [0.5, 0.6) is 10.9 Å². The van der Waals surface area contributed by atoms with E-state index in [1.807, 2.05) is 37.3 Å². The molecule has 7 heteroatoms. The first-order valence-electron chi connectivity index (χ1n) is 6.95. The lowest BCUT2D eigenvalue weighted by atomic mass is 10.3. The minimum Gasteiger partial charge on any atom is -0.497 e. The number of hydrogen-bond donors (Lipinski definition) is 1. The molecule has 0 radical (unpaired) electrons. The van der Waals surface area contributed by atoms with Gasteiger partial charge in [-0.15, -0.1) is 0 Å². The maximum Gasteiger partial charge on any atom is 0.273 e. The first-order chi connectivity index (χ1) is 11.2. The average Bonchev–Trinajstić information content (AvgIpc) is 2.96. The van der Waals surface area contributed by atoms with Gasteiger partial charge in [0.1, 0.15) is 5.75 Å². The lowest BCUT2D eigenvalue weighted by Gasteiger charge is -2.07. The molecule has 1 N–H and O–H groups in total. The number of hydrogen-bond acceptors (Lipinski definition) is 7. The standard InChI is InChI=1S/C16H16N4O2S/c1-10-14(23-16(18-10)22-3)13-7-8-17-15(20-13)19-11-5-4-6-12(9-11)21-2/h4-9H,1-3H3,(H,17,19,20). The van der Waals surface area contributed by atoms with Gasteiger partial charge in [0.05, 0.1) is 30.5 Å². The van der Waals surface area contributed by atoms with Gasteiger partial charge in [-0.1, -0.05) is 17.4 Å². The Kier molecular flexibility index (Phi) is 4.38. The highest BCUT2D eigenvalue weighted by molar-refractivity contribution is 7.17. The highest BCUT2D eigenvalue weighted by atomic mass is 32.1. The monoisotopic (exact) mass is 328 g/mol. The van der Waals surface area contributed by atoms with Crippen LogP contribution in [0.2, 0.25) is 0 Å². The number of methoxy groups -OCH3 is 2. The van der Waals surface area contributed by atoms with Crippen LogP contribution in [0.1, 0.15) is 5.69 Å². The van der Waals surface area contributed by atoms with Crippen LogP contribution >= 0.6 is 11.3 Å². The van der Waals surface area contributed by atoms with E-state index in [1.165, 1.54) is 11.3 Å². The van der Waals surface area contributed by atoms with Crippen molar-refractivity contribution in [2.75, 3.05) is 19.5 Å². The summed E-state index contributed by atoms with van der Waals surface area (Å²) >= 11 is 1.46. The van der Waals surface area contributed by atoms with Crippen molar-refractivity contribution in [2.24, 2.45) is 0 Å². The Morgan fingerprint density at radius 3 is 2.70 bits per heavy atom. The van der Waals surface area contributed by atoms with Gasteiger partial charge in [-0.25, -0.2) is 15.0 Å². The zero-order valence-corrected chi connectivity index (χ0v) is 13.8. The topological polar surface area (TPSA) is 69.2 Å². The van der Waals surface area contributed by atoms with E-state index in [4.69, 9.17) is 9.47 Å². The summed E-state index contributed by atoms with van der Waals surface area (Å²) in [6.45, 7) is 1.94. The van der Waals surface area contributed by atoms with E-state index in [9.17, 15) is 0 Å². The maximum absolute atomic E-state index is 5.22. The molecular weight excluding hydrogens is 312 g/mol. The maximum atomic E-state index is 5.22. The van der Waals surface area contributed by atoms with Crippen LogP contribution in [0.3, 0.4) is 0 Å². The number of aryl methyl sites for hydroxylation is 1. The summed E-state index contributed by atoms with van der Waals surface area (Å²) in [6.07, 6.45) is 1.72. The van der Waals surface area contributed by atoms with Crippen molar-refractivity contribution in [2.45, 2.75) is 6.92 Å². The van der Waals surface area contributed by atoms with Gasteiger partial charge >= 0.3 is 0 Å². The summed E-state index contributed by atoms with van der Waals surface area (Å²) in [5.74, 6) is 1.29. The van der Waals surface area contributed by atoms with Gasteiger partial charge in [-0.05, 0) is 25.1 Å². The number of nitrogens with zero attached hydrogens (tertiary/aromatic N) is 3. The Bertz CT molecular complexity index is 819. The molecule has 0 aliphatic carbocycles. The molecular formula is C16H16N4O2S. The molecule has 6 nitrogen and oxygen atoms in total. The van der Waals surface area contributed by atoms with Gasteiger partial charge in [0.2, 0.25) is 5.95 Å². The van der Waals surface area contributed by atoms with Crippen molar-refractivity contribution in [3.63, 3.8) is 0 Å². The lowest BCUT2D eigenvalue weighted by molar-refractivity contribution is 0.411. The molecule has 3 aromatic rings. The number of anilines is 2. The van der Waals surface area contributed by atoms with E-state index >= 15 is 0 Å². The Morgan fingerprint density at radius 2 is 1.96 bits per heavy atom. The van der Waals surface area contributed by atoms with Crippen LogP contribution in [0.4, 0.5) is 11.6 Å². The molecule has 2 heterocycles. The van der Waals surface area contributed by atoms with Crippen molar-refractivity contribution >= 4 is 23.0 Å². The molecule has 3 rings (SSSR count). The molecule has 0 atom stereocenters. The molecule has 2 aromatic heterocycles. The van der Waals surface area contributed by atoms with Crippen molar-refractivity contribution in [3.05, 3.63) is 42.2 Å². The number of rotatable bonds is 5.